The average molecular weight is 448 g/mol. The molecular weight excluding hydrogens is 414 g/mol. The van der Waals surface area contributed by atoms with Crippen LogP contribution in [0.3, 0.4) is 0 Å². The SMILES string of the molecule is COc1ccc(C(NCCCCCC(=O)OCc2ccccc2)c2ccc(OC)cc2)cc1. The van der Waals surface area contributed by atoms with Crippen LogP contribution in [0.4, 0.5) is 0 Å². The molecule has 1 N–H and O–H groups in total. The van der Waals surface area contributed by atoms with Crippen molar-refractivity contribution in [2.24, 2.45) is 0 Å². The number of nitrogens with one attached hydrogen (secondary N) is 1. The average Bonchev–Trinajstić information content (AvgIpc) is 2.88. The third-order valence-electron chi connectivity index (χ3n) is 5.55. The van der Waals surface area contributed by atoms with Crippen molar-refractivity contribution in [2.75, 3.05) is 20.8 Å². The predicted octanol–water partition coefficient (Wildman–Crippen LogP) is 5.69. The van der Waals surface area contributed by atoms with Crippen molar-refractivity contribution < 1.29 is 19.0 Å². The van der Waals surface area contributed by atoms with Gasteiger partial charge in [-0.15, -0.1) is 0 Å². The number of unbranched alkanes of at least 4 members (excludes halogenated alkanes) is 2. The Bertz CT molecular complexity index is 908. The fourth-order valence-electron chi connectivity index (χ4n) is 3.65. The first kappa shape index (κ1) is 24.3. The van der Waals surface area contributed by atoms with Gasteiger partial charge in [0.05, 0.1) is 20.3 Å². The number of carbonyl (C=O) groups is 1. The number of carbonyl (C=O) groups excluding carboxylic acids is 1. The molecule has 0 saturated heterocycles. The monoisotopic (exact) mass is 447 g/mol. The summed E-state index contributed by atoms with van der Waals surface area (Å²) in [6, 6.07) is 26.1. The Morgan fingerprint density at radius 1 is 0.758 bits per heavy atom. The Balaban J connectivity index is 1.45. The summed E-state index contributed by atoms with van der Waals surface area (Å²) in [5.41, 5.74) is 3.36. The standard InChI is InChI=1S/C28H33NO4/c1-31-25-16-12-23(13-17-25)28(24-14-18-26(32-2)19-15-24)29-20-8-4-7-11-27(30)33-21-22-9-5-3-6-10-22/h3,5-6,9-10,12-19,28-29H,4,7-8,11,20-21H2,1-2H3. The molecule has 0 saturated carbocycles. The zero-order valence-electron chi connectivity index (χ0n) is 19.5. The molecule has 0 aliphatic carbocycles. The molecule has 0 bridgehead atoms. The van der Waals surface area contributed by atoms with E-state index < -0.39 is 0 Å². The molecule has 33 heavy (non-hydrogen) atoms. The maximum absolute atomic E-state index is 12.0. The van der Waals surface area contributed by atoms with Gasteiger partial charge in [-0.1, -0.05) is 61.0 Å². The lowest BCUT2D eigenvalue weighted by atomic mass is 9.98. The molecule has 0 heterocycles. The number of ether oxygens (including phenoxy) is 3. The highest BCUT2D eigenvalue weighted by molar-refractivity contribution is 5.69. The molecule has 5 heteroatoms. The van der Waals surface area contributed by atoms with Crippen LogP contribution >= 0.6 is 0 Å². The second kappa shape index (κ2) is 13.3. The first-order valence-corrected chi connectivity index (χ1v) is 11.4. The Morgan fingerprint density at radius 3 is 1.88 bits per heavy atom. The minimum atomic E-state index is -0.138. The maximum atomic E-state index is 12.0. The molecule has 0 aliphatic heterocycles. The van der Waals surface area contributed by atoms with Crippen molar-refractivity contribution in [3.05, 3.63) is 95.6 Å². The minimum Gasteiger partial charge on any atom is -0.497 e. The van der Waals surface area contributed by atoms with Crippen molar-refractivity contribution in [3.63, 3.8) is 0 Å². The van der Waals surface area contributed by atoms with Gasteiger partial charge in [0.15, 0.2) is 0 Å². The summed E-state index contributed by atoms with van der Waals surface area (Å²) in [5, 5.41) is 3.66. The molecular formula is C28H33NO4. The molecule has 3 aromatic carbocycles. The van der Waals surface area contributed by atoms with Gasteiger partial charge in [0.1, 0.15) is 18.1 Å². The van der Waals surface area contributed by atoms with Crippen LogP contribution in [0, 0.1) is 0 Å². The van der Waals surface area contributed by atoms with Crippen LogP contribution < -0.4 is 14.8 Å². The highest BCUT2D eigenvalue weighted by Crippen LogP contribution is 2.26. The number of hydrogen-bond donors (Lipinski definition) is 1. The van der Waals surface area contributed by atoms with E-state index in [0.717, 1.165) is 42.9 Å². The van der Waals surface area contributed by atoms with Gasteiger partial charge in [0, 0.05) is 6.42 Å². The Kier molecular flexibility index (Phi) is 9.80. The molecule has 0 fully saturated rings. The zero-order valence-corrected chi connectivity index (χ0v) is 19.5. The van der Waals surface area contributed by atoms with E-state index in [1.807, 2.05) is 54.6 Å². The van der Waals surface area contributed by atoms with E-state index in [1.54, 1.807) is 14.2 Å². The van der Waals surface area contributed by atoms with Crippen LogP contribution in [0.25, 0.3) is 0 Å². The van der Waals surface area contributed by atoms with E-state index in [9.17, 15) is 4.79 Å². The normalized spacial score (nSPS) is 10.8. The van der Waals surface area contributed by atoms with Crippen molar-refractivity contribution in [2.45, 2.75) is 38.3 Å². The van der Waals surface area contributed by atoms with Crippen LogP contribution in [0.5, 0.6) is 11.5 Å². The summed E-state index contributed by atoms with van der Waals surface area (Å²) in [4.78, 5) is 12.0. The summed E-state index contributed by atoms with van der Waals surface area (Å²) in [6.07, 6.45) is 3.22. The minimum absolute atomic E-state index is 0.0673. The maximum Gasteiger partial charge on any atom is 0.306 e. The van der Waals surface area contributed by atoms with Gasteiger partial charge in [0.25, 0.3) is 0 Å². The van der Waals surface area contributed by atoms with Gasteiger partial charge in [0.2, 0.25) is 0 Å². The second-order valence-electron chi connectivity index (χ2n) is 7.89. The molecule has 0 unspecified atom stereocenters. The van der Waals surface area contributed by atoms with E-state index in [1.165, 1.54) is 11.1 Å². The largest absolute Gasteiger partial charge is 0.497 e. The van der Waals surface area contributed by atoms with Crippen LogP contribution in [0.15, 0.2) is 78.9 Å². The first-order chi connectivity index (χ1) is 16.2. The highest BCUT2D eigenvalue weighted by Gasteiger charge is 2.14. The predicted molar refractivity (Wildman–Crippen MR) is 131 cm³/mol. The molecule has 0 aromatic heterocycles. The molecule has 0 aliphatic rings. The smallest absolute Gasteiger partial charge is 0.306 e. The van der Waals surface area contributed by atoms with Crippen LogP contribution in [-0.4, -0.2) is 26.7 Å². The third kappa shape index (κ3) is 7.95. The van der Waals surface area contributed by atoms with Crippen molar-refractivity contribution >= 4 is 5.97 Å². The molecule has 3 rings (SSSR count). The molecule has 0 atom stereocenters. The van der Waals surface area contributed by atoms with Crippen LogP contribution in [0.1, 0.15) is 48.4 Å². The highest BCUT2D eigenvalue weighted by atomic mass is 16.5. The fraction of sp³-hybridized carbons (Fsp3) is 0.321. The fourth-order valence-corrected chi connectivity index (χ4v) is 3.65. The number of methoxy groups -OCH3 is 2. The lowest BCUT2D eigenvalue weighted by Crippen LogP contribution is -2.23. The molecule has 3 aromatic rings. The molecule has 0 amide bonds. The van der Waals surface area contributed by atoms with Crippen molar-refractivity contribution in [3.8, 4) is 11.5 Å². The first-order valence-electron chi connectivity index (χ1n) is 11.4. The summed E-state index contributed by atoms with van der Waals surface area (Å²) in [5.74, 6) is 1.54. The second-order valence-corrected chi connectivity index (χ2v) is 7.89. The third-order valence-corrected chi connectivity index (χ3v) is 5.55. The van der Waals surface area contributed by atoms with E-state index in [2.05, 4.69) is 29.6 Å². The van der Waals surface area contributed by atoms with E-state index in [-0.39, 0.29) is 12.0 Å². The number of hydrogen-bond acceptors (Lipinski definition) is 5. The Hall–Kier alpha value is -3.31. The van der Waals surface area contributed by atoms with Crippen molar-refractivity contribution in [1.29, 1.82) is 0 Å². The van der Waals surface area contributed by atoms with Gasteiger partial charge in [-0.3, -0.25) is 4.79 Å². The lowest BCUT2D eigenvalue weighted by Gasteiger charge is -2.20. The van der Waals surface area contributed by atoms with Crippen LogP contribution in [0.2, 0.25) is 0 Å². The number of esters is 1. The van der Waals surface area contributed by atoms with Gasteiger partial charge < -0.3 is 19.5 Å². The van der Waals surface area contributed by atoms with E-state index >= 15 is 0 Å². The van der Waals surface area contributed by atoms with Gasteiger partial charge in [-0.25, -0.2) is 0 Å². The zero-order chi connectivity index (χ0) is 23.3. The van der Waals surface area contributed by atoms with E-state index in [0.29, 0.717) is 13.0 Å². The molecule has 0 radical (unpaired) electrons. The Morgan fingerprint density at radius 2 is 1.33 bits per heavy atom. The summed E-state index contributed by atoms with van der Waals surface area (Å²) >= 11 is 0. The Labute approximate surface area is 196 Å². The van der Waals surface area contributed by atoms with E-state index in [4.69, 9.17) is 14.2 Å². The summed E-state index contributed by atoms with van der Waals surface area (Å²) in [6.45, 7) is 1.19. The topological polar surface area (TPSA) is 56.8 Å². The lowest BCUT2D eigenvalue weighted by molar-refractivity contribution is -0.145. The summed E-state index contributed by atoms with van der Waals surface area (Å²) in [7, 11) is 3.34. The molecule has 5 nitrogen and oxygen atoms in total. The molecule has 0 spiro atoms. The van der Waals surface area contributed by atoms with Gasteiger partial charge >= 0.3 is 5.97 Å². The number of rotatable bonds is 13. The van der Waals surface area contributed by atoms with Gasteiger partial charge in [-0.2, -0.15) is 0 Å². The van der Waals surface area contributed by atoms with Crippen molar-refractivity contribution in [1.82, 2.24) is 5.32 Å². The summed E-state index contributed by atoms with van der Waals surface area (Å²) < 4.78 is 15.9. The molecule has 174 valence electrons. The van der Waals surface area contributed by atoms with Gasteiger partial charge in [-0.05, 0) is 60.3 Å². The van der Waals surface area contributed by atoms with Crippen LogP contribution in [-0.2, 0) is 16.1 Å². The quantitative estimate of drug-likeness (QED) is 0.270. The number of benzene rings is 3.